The van der Waals surface area contributed by atoms with Crippen LogP contribution < -0.4 is 5.32 Å². The van der Waals surface area contributed by atoms with E-state index in [0.717, 1.165) is 6.92 Å². The number of alkyl halides is 3. The summed E-state index contributed by atoms with van der Waals surface area (Å²) in [5.74, 6) is -0.750. The van der Waals surface area contributed by atoms with Crippen LogP contribution in [0.25, 0.3) is 0 Å². The first kappa shape index (κ1) is 10.0. The Morgan fingerprint density at radius 2 is 1.91 bits per heavy atom. The van der Waals surface area contributed by atoms with Crippen molar-refractivity contribution in [3.8, 4) is 0 Å². The van der Waals surface area contributed by atoms with Crippen LogP contribution in [0.3, 0.4) is 0 Å². The van der Waals surface area contributed by atoms with Gasteiger partial charge in [-0.3, -0.25) is 4.79 Å². The molecule has 11 heavy (non-hydrogen) atoms. The number of hydrogen-bond donors (Lipinski definition) is 1. The summed E-state index contributed by atoms with van der Waals surface area (Å²) >= 11 is 0. The lowest BCUT2D eigenvalue weighted by Crippen LogP contribution is -2.18. The van der Waals surface area contributed by atoms with Gasteiger partial charge in [-0.15, -0.1) is 0 Å². The summed E-state index contributed by atoms with van der Waals surface area (Å²) in [7, 11) is 1.27. The molecule has 0 aliphatic rings. The highest BCUT2D eigenvalue weighted by atomic mass is 19.4. The molecule has 1 N–H and O–H groups in total. The highest BCUT2D eigenvalue weighted by Crippen LogP contribution is 2.24. The molecule has 0 saturated carbocycles. The Balaban J connectivity index is 4.35. The molecule has 0 fully saturated rings. The lowest BCUT2D eigenvalue weighted by atomic mass is 10.3. The summed E-state index contributed by atoms with van der Waals surface area (Å²) in [5.41, 5.74) is -0.906. The zero-order valence-corrected chi connectivity index (χ0v) is 6.12. The third kappa shape index (κ3) is 3.64. The monoisotopic (exact) mass is 167 g/mol. The van der Waals surface area contributed by atoms with Crippen molar-refractivity contribution in [2.45, 2.75) is 13.1 Å². The summed E-state index contributed by atoms with van der Waals surface area (Å²) in [6, 6.07) is 0. The molecule has 5 heteroatoms. The van der Waals surface area contributed by atoms with Gasteiger partial charge < -0.3 is 5.32 Å². The van der Waals surface area contributed by atoms with Crippen LogP contribution in [0.5, 0.6) is 0 Å². The third-order valence-corrected chi connectivity index (χ3v) is 1.04. The molecule has 0 radical (unpaired) electrons. The van der Waals surface area contributed by atoms with E-state index in [1.54, 1.807) is 0 Å². The molecule has 0 rings (SSSR count). The zero-order chi connectivity index (χ0) is 9.07. The second kappa shape index (κ2) is 3.41. The number of carbonyl (C=O) groups excluding carboxylic acids is 1. The van der Waals surface area contributed by atoms with Crippen LogP contribution in [0.2, 0.25) is 0 Å². The quantitative estimate of drug-likeness (QED) is 0.585. The highest BCUT2D eigenvalue weighted by Gasteiger charge is 2.30. The van der Waals surface area contributed by atoms with Gasteiger partial charge in [-0.2, -0.15) is 13.2 Å². The molecule has 0 unspecified atom stereocenters. The van der Waals surface area contributed by atoms with Crippen LogP contribution >= 0.6 is 0 Å². The van der Waals surface area contributed by atoms with Gasteiger partial charge in [0.05, 0.1) is 0 Å². The number of amides is 1. The molecule has 0 aliphatic carbocycles. The van der Waals surface area contributed by atoms with Crippen molar-refractivity contribution in [1.29, 1.82) is 0 Å². The van der Waals surface area contributed by atoms with Gasteiger partial charge in [-0.1, -0.05) is 0 Å². The Labute approximate surface area is 62.1 Å². The van der Waals surface area contributed by atoms with Crippen molar-refractivity contribution in [2.24, 2.45) is 0 Å². The summed E-state index contributed by atoms with van der Waals surface area (Å²) in [6.45, 7) is 0.842. The van der Waals surface area contributed by atoms with Crippen LogP contribution in [0, 0.1) is 0 Å². The van der Waals surface area contributed by atoms with Gasteiger partial charge in [-0.05, 0) is 6.92 Å². The Hall–Kier alpha value is -1.00. The van der Waals surface area contributed by atoms with E-state index in [0.29, 0.717) is 6.08 Å². The molecule has 2 nitrogen and oxygen atoms in total. The number of rotatable bonds is 1. The number of halogens is 3. The maximum absolute atomic E-state index is 11.7. The fourth-order valence-corrected chi connectivity index (χ4v) is 0.351. The minimum Gasteiger partial charge on any atom is -0.356 e. The van der Waals surface area contributed by atoms with E-state index in [2.05, 4.69) is 5.32 Å². The summed E-state index contributed by atoms with van der Waals surface area (Å²) in [4.78, 5) is 10.4. The lowest BCUT2D eigenvalue weighted by Gasteiger charge is -2.04. The van der Waals surface area contributed by atoms with Crippen molar-refractivity contribution < 1.29 is 18.0 Å². The lowest BCUT2D eigenvalue weighted by molar-refractivity contribution is -0.117. The van der Waals surface area contributed by atoms with Gasteiger partial charge in [0.2, 0.25) is 5.91 Å². The van der Waals surface area contributed by atoms with E-state index in [1.807, 2.05) is 0 Å². The smallest absolute Gasteiger partial charge is 0.356 e. The molecule has 0 aromatic rings. The zero-order valence-electron chi connectivity index (χ0n) is 6.12. The summed E-state index contributed by atoms with van der Waals surface area (Å²) in [6.07, 6.45) is -3.90. The van der Waals surface area contributed by atoms with E-state index in [1.165, 1.54) is 7.05 Å². The van der Waals surface area contributed by atoms with E-state index in [-0.39, 0.29) is 0 Å². The molecule has 64 valence electrons. The van der Waals surface area contributed by atoms with Crippen LogP contribution in [0.4, 0.5) is 13.2 Å². The van der Waals surface area contributed by atoms with Crippen LogP contribution in [-0.4, -0.2) is 19.1 Å². The molecular formula is C6H8F3NO. The Bertz CT molecular complexity index is 183. The van der Waals surface area contributed by atoms with Crippen LogP contribution in [0.1, 0.15) is 6.92 Å². The SMILES string of the molecule is CNC(=O)/C=C(/C)C(F)(F)F. The van der Waals surface area contributed by atoms with Gasteiger partial charge in [-0.25, -0.2) is 0 Å². The predicted molar refractivity (Wildman–Crippen MR) is 33.9 cm³/mol. The molecule has 0 aromatic heterocycles. The first-order valence-corrected chi connectivity index (χ1v) is 2.85. The normalized spacial score (nSPS) is 13.0. The van der Waals surface area contributed by atoms with Gasteiger partial charge in [0.1, 0.15) is 0 Å². The number of nitrogens with one attached hydrogen (secondary N) is 1. The second-order valence-corrected chi connectivity index (χ2v) is 1.94. The third-order valence-electron chi connectivity index (χ3n) is 1.04. The molecule has 0 aliphatic heterocycles. The van der Waals surface area contributed by atoms with Crippen LogP contribution in [-0.2, 0) is 4.79 Å². The Kier molecular flexibility index (Phi) is 3.10. The molecule has 0 heterocycles. The fourth-order valence-electron chi connectivity index (χ4n) is 0.351. The molecule has 0 atom stereocenters. The minimum absolute atomic E-state index is 0.514. The Morgan fingerprint density at radius 1 is 1.45 bits per heavy atom. The van der Waals surface area contributed by atoms with Gasteiger partial charge in [0.25, 0.3) is 0 Å². The van der Waals surface area contributed by atoms with Crippen LogP contribution in [0.15, 0.2) is 11.6 Å². The number of likely N-dealkylation sites (N-methyl/N-ethyl adjacent to an activating group) is 1. The number of allylic oxidation sites excluding steroid dienone is 1. The molecular weight excluding hydrogens is 159 g/mol. The van der Waals surface area contributed by atoms with Crippen molar-refractivity contribution in [1.82, 2.24) is 5.32 Å². The van der Waals surface area contributed by atoms with Crippen molar-refractivity contribution >= 4 is 5.91 Å². The predicted octanol–water partition coefficient (Wildman–Crippen LogP) is 1.24. The summed E-state index contributed by atoms with van der Waals surface area (Å²) in [5, 5.41) is 2.05. The maximum Gasteiger partial charge on any atom is 0.412 e. The molecule has 0 aromatic carbocycles. The maximum atomic E-state index is 11.7. The standard InChI is InChI=1S/C6H8F3NO/c1-4(6(7,8)9)3-5(11)10-2/h3H,1-2H3,(H,10,11)/b4-3-. The molecule has 1 amide bonds. The molecule has 0 saturated heterocycles. The minimum atomic E-state index is -4.41. The van der Waals surface area contributed by atoms with Gasteiger partial charge in [0.15, 0.2) is 0 Å². The molecule has 0 bridgehead atoms. The topological polar surface area (TPSA) is 29.1 Å². The van der Waals surface area contributed by atoms with E-state index in [9.17, 15) is 18.0 Å². The summed E-state index contributed by atoms with van der Waals surface area (Å²) < 4.78 is 35.1. The average Bonchev–Trinajstić information content (AvgIpc) is 1.85. The van der Waals surface area contributed by atoms with Crippen molar-refractivity contribution in [2.75, 3.05) is 7.05 Å². The Morgan fingerprint density at radius 3 is 2.18 bits per heavy atom. The van der Waals surface area contributed by atoms with Gasteiger partial charge >= 0.3 is 6.18 Å². The first-order valence-electron chi connectivity index (χ1n) is 2.85. The molecule has 0 spiro atoms. The average molecular weight is 167 g/mol. The van der Waals surface area contributed by atoms with E-state index in [4.69, 9.17) is 0 Å². The van der Waals surface area contributed by atoms with E-state index >= 15 is 0 Å². The highest BCUT2D eigenvalue weighted by molar-refractivity contribution is 5.87. The van der Waals surface area contributed by atoms with Crippen molar-refractivity contribution in [3.63, 3.8) is 0 Å². The largest absolute Gasteiger partial charge is 0.412 e. The van der Waals surface area contributed by atoms with Crippen molar-refractivity contribution in [3.05, 3.63) is 11.6 Å². The number of hydrogen-bond acceptors (Lipinski definition) is 1. The van der Waals surface area contributed by atoms with Gasteiger partial charge in [0, 0.05) is 18.7 Å². The fraction of sp³-hybridized carbons (Fsp3) is 0.500. The first-order chi connectivity index (χ1) is 4.88. The second-order valence-electron chi connectivity index (χ2n) is 1.94. The van der Waals surface area contributed by atoms with E-state index < -0.39 is 17.7 Å². The number of carbonyl (C=O) groups is 1.